The number of hydrogen-bond donors (Lipinski definition) is 1. The molecule has 1 spiro atoms. The van der Waals surface area contributed by atoms with E-state index < -0.39 is 27.5 Å². The van der Waals surface area contributed by atoms with Gasteiger partial charge in [-0.2, -0.15) is 17.0 Å². The zero-order chi connectivity index (χ0) is 20.9. The molecule has 1 N–H and O–H groups in total. The Kier molecular flexibility index (Phi) is 4.66. The molecule has 0 unspecified atom stereocenters. The first kappa shape index (κ1) is 19.6. The van der Waals surface area contributed by atoms with Gasteiger partial charge in [0.2, 0.25) is 5.91 Å². The number of carbonyl (C=O) groups is 1. The predicted molar refractivity (Wildman–Crippen MR) is 109 cm³/mol. The molecule has 3 aliphatic heterocycles. The maximum absolute atomic E-state index is 13.6. The van der Waals surface area contributed by atoms with Gasteiger partial charge in [-0.1, -0.05) is 30.3 Å². The molecule has 2 aromatic rings. The fraction of sp³-hybridized carbons (Fsp3) is 0.381. The summed E-state index contributed by atoms with van der Waals surface area (Å²) in [7, 11) is -3.85. The summed E-state index contributed by atoms with van der Waals surface area (Å²) in [6.07, 6.45) is 0.349. The van der Waals surface area contributed by atoms with Gasteiger partial charge in [0.05, 0.1) is 24.7 Å². The molecule has 3 heterocycles. The Labute approximate surface area is 174 Å². The van der Waals surface area contributed by atoms with E-state index in [1.807, 2.05) is 24.3 Å². The summed E-state index contributed by atoms with van der Waals surface area (Å²) >= 11 is 0. The molecule has 0 aliphatic carbocycles. The van der Waals surface area contributed by atoms with Crippen LogP contribution in [0.3, 0.4) is 0 Å². The predicted octanol–water partition coefficient (Wildman–Crippen LogP) is 2.04. The van der Waals surface area contributed by atoms with E-state index in [-0.39, 0.29) is 25.5 Å². The topological polar surface area (TPSA) is 79.0 Å². The Morgan fingerprint density at radius 1 is 1.03 bits per heavy atom. The van der Waals surface area contributed by atoms with Crippen molar-refractivity contribution in [1.29, 1.82) is 0 Å². The fourth-order valence-electron chi connectivity index (χ4n) is 4.93. The molecule has 0 bridgehead atoms. The van der Waals surface area contributed by atoms with Crippen molar-refractivity contribution in [3.8, 4) is 0 Å². The Morgan fingerprint density at radius 3 is 2.47 bits per heavy atom. The Balaban J connectivity index is 1.66. The third-order valence-electron chi connectivity index (χ3n) is 6.32. The third kappa shape index (κ3) is 2.80. The summed E-state index contributed by atoms with van der Waals surface area (Å²) in [6.45, 7) is 1.41. The molecule has 1 amide bonds. The summed E-state index contributed by atoms with van der Waals surface area (Å²) in [5.41, 5.74) is 1.01. The number of benzene rings is 2. The minimum atomic E-state index is -3.85. The molecule has 3 aliphatic rings. The van der Waals surface area contributed by atoms with Crippen molar-refractivity contribution in [2.45, 2.75) is 17.9 Å². The van der Waals surface area contributed by atoms with Gasteiger partial charge in [0, 0.05) is 25.3 Å². The minimum Gasteiger partial charge on any atom is -0.379 e. The Bertz CT molecular complexity index is 1090. The molecular weight excluding hydrogens is 409 g/mol. The van der Waals surface area contributed by atoms with Crippen LogP contribution in [0.1, 0.15) is 23.6 Å². The van der Waals surface area contributed by atoms with Crippen LogP contribution in [0, 0.1) is 5.82 Å². The molecule has 2 atom stereocenters. The highest BCUT2D eigenvalue weighted by Crippen LogP contribution is 2.55. The zero-order valence-electron chi connectivity index (χ0n) is 16.3. The van der Waals surface area contributed by atoms with Crippen LogP contribution in [0.4, 0.5) is 10.1 Å². The smallest absolute Gasteiger partial charge is 0.282 e. The van der Waals surface area contributed by atoms with Crippen molar-refractivity contribution in [2.24, 2.45) is 0 Å². The van der Waals surface area contributed by atoms with E-state index >= 15 is 0 Å². The molecule has 9 heteroatoms. The molecule has 158 valence electrons. The van der Waals surface area contributed by atoms with Crippen LogP contribution in [-0.4, -0.2) is 55.8 Å². The van der Waals surface area contributed by atoms with Gasteiger partial charge >= 0.3 is 0 Å². The molecular formula is C21H22FN3O4S. The van der Waals surface area contributed by atoms with Crippen molar-refractivity contribution in [3.05, 3.63) is 65.5 Å². The number of nitrogens with one attached hydrogen (secondary N) is 1. The van der Waals surface area contributed by atoms with E-state index in [1.54, 1.807) is 12.1 Å². The second kappa shape index (κ2) is 7.12. The maximum atomic E-state index is 13.6. The quantitative estimate of drug-likeness (QED) is 0.807. The third-order valence-corrected chi connectivity index (χ3v) is 8.32. The summed E-state index contributed by atoms with van der Waals surface area (Å²) in [6, 6.07) is 12.4. The second-order valence-electron chi connectivity index (χ2n) is 7.81. The van der Waals surface area contributed by atoms with Gasteiger partial charge in [0.15, 0.2) is 0 Å². The number of para-hydroxylation sites is 1. The normalized spacial score (nSPS) is 27.4. The lowest BCUT2D eigenvalue weighted by Gasteiger charge is -2.37. The maximum Gasteiger partial charge on any atom is 0.282 e. The van der Waals surface area contributed by atoms with Crippen molar-refractivity contribution >= 4 is 21.8 Å². The van der Waals surface area contributed by atoms with Crippen molar-refractivity contribution in [1.82, 2.24) is 8.61 Å². The monoisotopic (exact) mass is 431 g/mol. The van der Waals surface area contributed by atoms with Crippen LogP contribution in [0.2, 0.25) is 0 Å². The van der Waals surface area contributed by atoms with Gasteiger partial charge in [-0.15, -0.1) is 0 Å². The molecule has 5 rings (SSSR count). The van der Waals surface area contributed by atoms with Crippen LogP contribution < -0.4 is 5.32 Å². The standard InChI is InChI=1S/C21H22FN3O4S/c22-16-7-5-15(6-8-16)19-21(17-3-1-2-4-18(17)23-20(21)26)9-10-25(19)30(27,28)24-11-13-29-14-12-24/h1-8,19H,9-14H2,(H,23,26)/t19-,21+/m0/s1. The van der Waals surface area contributed by atoms with Crippen molar-refractivity contribution in [2.75, 3.05) is 38.2 Å². The first-order valence-corrected chi connectivity index (χ1v) is 11.4. The summed E-state index contributed by atoms with van der Waals surface area (Å²) in [4.78, 5) is 13.3. The molecule has 7 nitrogen and oxygen atoms in total. The number of morpholine rings is 1. The van der Waals surface area contributed by atoms with E-state index in [4.69, 9.17) is 4.74 Å². The van der Waals surface area contributed by atoms with Gasteiger partial charge in [0.1, 0.15) is 5.82 Å². The summed E-state index contributed by atoms with van der Waals surface area (Å²) in [5.74, 6) is -0.637. The first-order chi connectivity index (χ1) is 14.4. The van der Waals surface area contributed by atoms with Gasteiger partial charge in [0.25, 0.3) is 10.2 Å². The number of carbonyl (C=O) groups excluding carboxylic acids is 1. The minimum absolute atomic E-state index is 0.198. The van der Waals surface area contributed by atoms with Crippen LogP contribution in [0.5, 0.6) is 0 Å². The number of nitrogens with zero attached hydrogens (tertiary/aromatic N) is 2. The molecule has 0 saturated carbocycles. The molecule has 0 radical (unpaired) electrons. The van der Waals surface area contributed by atoms with Crippen LogP contribution in [-0.2, 0) is 25.2 Å². The van der Waals surface area contributed by atoms with E-state index in [2.05, 4.69) is 5.32 Å². The fourth-order valence-corrected chi connectivity index (χ4v) is 6.72. The highest BCUT2D eigenvalue weighted by molar-refractivity contribution is 7.86. The summed E-state index contributed by atoms with van der Waals surface area (Å²) in [5, 5.41) is 2.92. The lowest BCUT2D eigenvalue weighted by atomic mass is 9.73. The molecule has 2 fully saturated rings. The van der Waals surface area contributed by atoms with E-state index in [0.717, 1.165) is 5.56 Å². The van der Waals surface area contributed by atoms with E-state index in [1.165, 1.54) is 20.7 Å². The van der Waals surface area contributed by atoms with Crippen molar-refractivity contribution in [3.63, 3.8) is 0 Å². The summed E-state index contributed by atoms with van der Waals surface area (Å²) < 4.78 is 48.9. The van der Waals surface area contributed by atoms with E-state index in [9.17, 15) is 17.6 Å². The Hall–Kier alpha value is -2.33. The number of anilines is 1. The molecule has 2 aromatic carbocycles. The highest BCUT2D eigenvalue weighted by Gasteiger charge is 2.61. The van der Waals surface area contributed by atoms with E-state index in [0.29, 0.717) is 30.9 Å². The molecule has 2 saturated heterocycles. The van der Waals surface area contributed by atoms with Crippen LogP contribution >= 0.6 is 0 Å². The SMILES string of the molecule is O=C1Nc2ccccc2[C@@]12CCN(S(=O)(=O)N1CCOCC1)[C@H]2c1ccc(F)cc1. The largest absolute Gasteiger partial charge is 0.379 e. The number of fused-ring (bicyclic) bond motifs is 2. The van der Waals surface area contributed by atoms with Crippen molar-refractivity contribution < 1.29 is 22.3 Å². The lowest BCUT2D eigenvalue weighted by molar-refractivity contribution is -0.121. The lowest BCUT2D eigenvalue weighted by Crippen LogP contribution is -2.50. The number of ether oxygens (including phenoxy) is 1. The van der Waals surface area contributed by atoms with Gasteiger partial charge < -0.3 is 10.1 Å². The zero-order valence-corrected chi connectivity index (χ0v) is 17.1. The number of rotatable bonds is 3. The number of halogens is 1. The second-order valence-corrected chi connectivity index (χ2v) is 9.69. The van der Waals surface area contributed by atoms with Crippen LogP contribution in [0.15, 0.2) is 48.5 Å². The first-order valence-electron chi connectivity index (χ1n) is 9.96. The van der Waals surface area contributed by atoms with Gasteiger partial charge in [-0.25, -0.2) is 4.39 Å². The van der Waals surface area contributed by atoms with Gasteiger partial charge in [-0.05, 0) is 35.7 Å². The van der Waals surface area contributed by atoms with Crippen LogP contribution in [0.25, 0.3) is 0 Å². The number of amides is 1. The molecule has 0 aromatic heterocycles. The highest BCUT2D eigenvalue weighted by atomic mass is 32.2. The number of hydrogen-bond acceptors (Lipinski definition) is 4. The average Bonchev–Trinajstić information content (AvgIpc) is 3.30. The van der Waals surface area contributed by atoms with Gasteiger partial charge in [-0.3, -0.25) is 4.79 Å². The molecule has 30 heavy (non-hydrogen) atoms. The Morgan fingerprint density at radius 2 is 1.73 bits per heavy atom. The average molecular weight is 431 g/mol.